The lowest BCUT2D eigenvalue weighted by Crippen LogP contribution is -2.64. The number of ketones is 1. The number of nitrogens with one attached hydrogen (secondary N) is 1. The molecule has 0 radical (unpaired) electrons. The lowest BCUT2D eigenvalue weighted by atomic mass is 9.71. The van der Waals surface area contributed by atoms with Crippen LogP contribution >= 0.6 is 23.2 Å². The summed E-state index contributed by atoms with van der Waals surface area (Å²) in [5.41, 5.74) is -0.432. The maximum Gasteiger partial charge on any atom is 0.311 e. The third kappa shape index (κ3) is 4.54. The molecule has 4 rings (SSSR count). The van der Waals surface area contributed by atoms with Crippen molar-refractivity contribution in [2.24, 2.45) is 16.1 Å². The Morgan fingerprint density at radius 1 is 1.19 bits per heavy atom. The number of nitrogens with zero attached hydrogens (tertiary/aromatic N) is 3. The first-order chi connectivity index (χ1) is 15.1. The van der Waals surface area contributed by atoms with Crippen LogP contribution in [0.5, 0.6) is 0 Å². The third-order valence-electron chi connectivity index (χ3n) is 6.00. The van der Waals surface area contributed by atoms with Gasteiger partial charge in [0.1, 0.15) is 5.78 Å². The lowest BCUT2D eigenvalue weighted by molar-refractivity contribution is -0.153. The van der Waals surface area contributed by atoms with Gasteiger partial charge in [-0.1, -0.05) is 29.3 Å². The summed E-state index contributed by atoms with van der Waals surface area (Å²) in [6.45, 7) is 0.578. The second kappa shape index (κ2) is 8.51. The summed E-state index contributed by atoms with van der Waals surface area (Å²) >= 11 is 11.9. The summed E-state index contributed by atoms with van der Waals surface area (Å²) in [7, 11) is 0. The second-order valence-electron chi connectivity index (χ2n) is 8.39. The molecule has 1 atom stereocenters. The van der Waals surface area contributed by atoms with Gasteiger partial charge in [0.25, 0.3) is 5.92 Å². The van der Waals surface area contributed by atoms with E-state index in [0.717, 1.165) is 0 Å². The highest BCUT2D eigenvalue weighted by Gasteiger charge is 2.60. The van der Waals surface area contributed by atoms with Gasteiger partial charge in [0.05, 0.1) is 27.8 Å². The van der Waals surface area contributed by atoms with E-state index in [-0.39, 0.29) is 37.5 Å². The second-order valence-corrected chi connectivity index (χ2v) is 9.20. The highest BCUT2D eigenvalue weighted by molar-refractivity contribution is 6.42. The van der Waals surface area contributed by atoms with Crippen LogP contribution in [0.1, 0.15) is 24.8 Å². The summed E-state index contributed by atoms with van der Waals surface area (Å²) < 4.78 is 27.2. The molecule has 3 aliphatic rings. The Morgan fingerprint density at radius 3 is 2.56 bits per heavy atom. The molecule has 1 saturated carbocycles. The van der Waals surface area contributed by atoms with Crippen molar-refractivity contribution < 1.29 is 23.2 Å². The fourth-order valence-electron chi connectivity index (χ4n) is 4.36. The molecule has 2 heterocycles. The maximum absolute atomic E-state index is 13.6. The highest BCUT2D eigenvalue weighted by Crippen LogP contribution is 2.50. The number of halogens is 4. The van der Waals surface area contributed by atoms with Gasteiger partial charge in [-0.05, 0) is 30.2 Å². The number of Topliss-reactive ketones (excluding diaryl/α,β-unsaturated/α-hetero) is 1. The molecule has 2 aliphatic heterocycles. The molecule has 11 heteroatoms. The molecule has 1 saturated heterocycles. The summed E-state index contributed by atoms with van der Waals surface area (Å²) in [4.78, 5) is 39.2. The van der Waals surface area contributed by atoms with Gasteiger partial charge < -0.3 is 10.2 Å². The molecule has 1 N–H and O–H groups in total. The van der Waals surface area contributed by atoms with Gasteiger partial charge in [-0.15, -0.1) is 0 Å². The van der Waals surface area contributed by atoms with Crippen molar-refractivity contribution >= 4 is 40.8 Å². The number of carbonyl (C=O) groups excluding carboxylic acids is 3. The average molecular weight is 485 g/mol. The molecule has 1 aromatic carbocycles. The lowest BCUT2D eigenvalue weighted by Gasteiger charge is -2.47. The van der Waals surface area contributed by atoms with Crippen molar-refractivity contribution in [3.05, 3.63) is 45.6 Å². The average Bonchev–Trinajstić information content (AvgIpc) is 3.41. The molecular weight excluding hydrogens is 465 g/mol. The van der Waals surface area contributed by atoms with Crippen LogP contribution in [0.3, 0.4) is 0 Å². The Bertz CT molecular complexity index is 1040. The number of alkyl halides is 2. The Hall–Kier alpha value is -2.39. The summed E-state index contributed by atoms with van der Waals surface area (Å²) in [5.74, 6) is -5.27. The number of azo groups is 1. The van der Waals surface area contributed by atoms with Crippen LogP contribution in [0.4, 0.5) is 8.78 Å². The molecular formula is C21H20Cl2F2N4O3. The van der Waals surface area contributed by atoms with Gasteiger partial charge in [0, 0.05) is 38.3 Å². The van der Waals surface area contributed by atoms with E-state index in [0.29, 0.717) is 22.0 Å². The van der Waals surface area contributed by atoms with Gasteiger partial charge in [0.15, 0.2) is 0 Å². The number of hydrogen-bond acceptors (Lipinski definition) is 5. The molecule has 0 spiro atoms. The van der Waals surface area contributed by atoms with Crippen LogP contribution < -0.4 is 5.32 Å². The first-order valence-corrected chi connectivity index (χ1v) is 10.9. The topological polar surface area (TPSA) is 91.2 Å². The van der Waals surface area contributed by atoms with Gasteiger partial charge in [-0.25, -0.2) is 8.78 Å². The normalized spacial score (nSPS) is 22.9. The Kier molecular flexibility index (Phi) is 6.06. The van der Waals surface area contributed by atoms with Gasteiger partial charge in [-0.2, -0.15) is 10.2 Å². The minimum atomic E-state index is -2.94. The number of benzene rings is 1. The molecule has 2 amide bonds. The van der Waals surface area contributed by atoms with Crippen LogP contribution in [-0.4, -0.2) is 53.6 Å². The molecule has 0 unspecified atom stereocenters. The fraction of sp³-hybridized carbons (Fsp3) is 0.476. The largest absolute Gasteiger partial charge is 0.336 e. The molecule has 170 valence electrons. The van der Waals surface area contributed by atoms with Crippen LogP contribution in [0.15, 0.2) is 40.2 Å². The van der Waals surface area contributed by atoms with Gasteiger partial charge in [-0.3, -0.25) is 14.4 Å². The summed E-state index contributed by atoms with van der Waals surface area (Å²) in [5, 5.41) is 10.8. The minimum Gasteiger partial charge on any atom is -0.336 e. The molecule has 7 nitrogen and oxygen atoms in total. The SMILES string of the molecule is O=C(NC1(C2=CCN=N2)CC(F)(F)C1)C(=O)N1CC[C@H](C(=O)Cc2ccc(Cl)c(Cl)c2)C1. The number of likely N-dealkylation sites (tertiary alicyclic amines) is 1. The molecule has 32 heavy (non-hydrogen) atoms. The number of hydrogen-bond donors (Lipinski definition) is 1. The zero-order valence-electron chi connectivity index (χ0n) is 16.9. The quantitative estimate of drug-likeness (QED) is 0.647. The van der Waals surface area contributed by atoms with E-state index in [1.54, 1.807) is 24.3 Å². The van der Waals surface area contributed by atoms with E-state index in [1.807, 2.05) is 0 Å². The molecule has 1 aromatic rings. The number of carbonyl (C=O) groups is 3. The van der Waals surface area contributed by atoms with Gasteiger partial charge >= 0.3 is 11.8 Å². The monoisotopic (exact) mass is 484 g/mol. The molecule has 1 aliphatic carbocycles. The van der Waals surface area contributed by atoms with E-state index < -0.39 is 42.0 Å². The minimum absolute atomic E-state index is 0.0780. The number of amides is 2. The van der Waals surface area contributed by atoms with Gasteiger partial charge in [0.2, 0.25) is 0 Å². The summed E-state index contributed by atoms with van der Waals surface area (Å²) in [6, 6.07) is 4.94. The van der Waals surface area contributed by atoms with E-state index in [9.17, 15) is 23.2 Å². The van der Waals surface area contributed by atoms with Crippen LogP contribution in [0.25, 0.3) is 0 Å². The fourth-order valence-corrected chi connectivity index (χ4v) is 4.68. The van der Waals surface area contributed by atoms with E-state index in [4.69, 9.17) is 23.2 Å². The Labute approximate surface area is 192 Å². The zero-order valence-corrected chi connectivity index (χ0v) is 18.4. The van der Waals surface area contributed by atoms with Crippen LogP contribution in [0, 0.1) is 5.92 Å². The zero-order chi connectivity index (χ0) is 23.1. The van der Waals surface area contributed by atoms with Crippen molar-refractivity contribution in [1.82, 2.24) is 10.2 Å². The van der Waals surface area contributed by atoms with Crippen molar-refractivity contribution in [2.45, 2.75) is 37.1 Å². The highest BCUT2D eigenvalue weighted by atomic mass is 35.5. The van der Waals surface area contributed by atoms with E-state index >= 15 is 0 Å². The Morgan fingerprint density at radius 2 is 1.94 bits per heavy atom. The van der Waals surface area contributed by atoms with Crippen molar-refractivity contribution in [3.8, 4) is 0 Å². The molecule has 0 aromatic heterocycles. The van der Waals surface area contributed by atoms with Crippen molar-refractivity contribution in [2.75, 3.05) is 19.6 Å². The van der Waals surface area contributed by atoms with Crippen LogP contribution in [0.2, 0.25) is 10.0 Å². The maximum atomic E-state index is 13.6. The van der Waals surface area contributed by atoms with Crippen molar-refractivity contribution in [1.29, 1.82) is 0 Å². The first-order valence-electron chi connectivity index (χ1n) is 10.1. The number of rotatable bonds is 5. The predicted molar refractivity (Wildman–Crippen MR) is 113 cm³/mol. The predicted octanol–water partition coefficient (Wildman–Crippen LogP) is 3.59. The van der Waals surface area contributed by atoms with E-state index in [1.165, 1.54) is 4.90 Å². The summed E-state index contributed by atoms with van der Waals surface area (Å²) in [6.07, 6.45) is 0.853. The first kappa shape index (κ1) is 22.8. The van der Waals surface area contributed by atoms with E-state index in [2.05, 4.69) is 15.5 Å². The standard InChI is InChI=1S/C21H20Cl2F2N4O3/c22-14-2-1-12(7-15(14)23)8-16(30)13-4-6-29(9-13)19(32)18(31)27-20(10-21(24,25)11-20)17-3-5-26-28-17/h1-3,7,13H,4-6,8-11H2,(H,27,31)/t13-/m0/s1. The van der Waals surface area contributed by atoms with Crippen molar-refractivity contribution in [3.63, 3.8) is 0 Å². The third-order valence-corrected chi connectivity index (χ3v) is 6.74. The molecule has 0 bridgehead atoms. The Balaban J connectivity index is 1.35. The smallest absolute Gasteiger partial charge is 0.311 e. The van der Waals surface area contributed by atoms with Crippen LogP contribution in [-0.2, 0) is 20.8 Å². The molecule has 2 fully saturated rings.